The SMILES string of the molecule is Cc1ccc(NC(=O)c2ccc(N3CCc4ccccc4C3)cn2)c(C)c1. The molecule has 1 aromatic heterocycles. The van der Waals surface area contributed by atoms with Crippen molar-refractivity contribution < 1.29 is 4.79 Å². The Kier molecular flexibility index (Phi) is 4.63. The molecule has 1 aliphatic heterocycles. The number of fused-ring (bicyclic) bond motifs is 1. The van der Waals surface area contributed by atoms with Crippen LogP contribution in [0, 0.1) is 13.8 Å². The molecular formula is C23H23N3O. The maximum atomic E-state index is 12.5. The fourth-order valence-electron chi connectivity index (χ4n) is 3.56. The molecule has 1 amide bonds. The van der Waals surface area contributed by atoms with Crippen molar-refractivity contribution in [3.05, 3.63) is 88.7 Å². The number of hydrogen-bond acceptors (Lipinski definition) is 3. The topological polar surface area (TPSA) is 45.2 Å². The summed E-state index contributed by atoms with van der Waals surface area (Å²) in [6.45, 7) is 5.88. The number of carbonyl (C=O) groups excluding carboxylic acids is 1. The molecular weight excluding hydrogens is 334 g/mol. The minimum absolute atomic E-state index is 0.183. The third-order valence-electron chi connectivity index (χ3n) is 5.11. The van der Waals surface area contributed by atoms with E-state index in [0.29, 0.717) is 5.69 Å². The highest BCUT2D eigenvalue weighted by Crippen LogP contribution is 2.24. The molecule has 27 heavy (non-hydrogen) atoms. The number of aromatic nitrogens is 1. The molecule has 136 valence electrons. The number of nitrogens with one attached hydrogen (secondary N) is 1. The number of aryl methyl sites for hydroxylation is 2. The van der Waals surface area contributed by atoms with E-state index in [9.17, 15) is 4.79 Å². The van der Waals surface area contributed by atoms with E-state index in [1.165, 1.54) is 16.7 Å². The molecule has 2 heterocycles. The number of benzene rings is 2. The van der Waals surface area contributed by atoms with E-state index < -0.39 is 0 Å². The molecule has 1 N–H and O–H groups in total. The largest absolute Gasteiger partial charge is 0.366 e. The van der Waals surface area contributed by atoms with Crippen molar-refractivity contribution in [2.45, 2.75) is 26.8 Å². The Morgan fingerprint density at radius 3 is 2.59 bits per heavy atom. The first-order valence-corrected chi connectivity index (χ1v) is 9.26. The van der Waals surface area contributed by atoms with Crippen LogP contribution in [0.5, 0.6) is 0 Å². The smallest absolute Gasteiger partial charge is 0.274 e. The lowest BCUT2D eigenvalue weighted by molar-refractivity contribution is 0.102. The van der Waals surface area contributed by atoms with Gasteiger partial charge in [0.05, 0.1) is 11.9 Å². The summed E-state index contributed by atoms with van der Waals surface area (Å²) in [5.41, 5.74) is 7.31. The standard InChI is InChI=1S/C23H23N3O/c1-16-7-9-21(17(2)13-16)25-23(27)22-10-8-20(14-24-22)26-12-11-18-5-3-4-6-19(18)15-26/h3-10,13-14H,11-12,15H2,1-2H3,(H,25,27). The number of amides is 1. The van der Waals surface area contributed by atoms with Gasteiger partial charge in [-0.15, -0.1) is 0 Å². The molecule has 0 saturated carbocycles. The summed E-state index contributed by atoms with van der Waals surface area (Å²) in [5, 5.41) is 2.95. The molecule has 0 unspecified atom stereocenters. The Morgan fingerprint density at radius 2 is 1.85 bits per heavy atom. The average Bonchev–Trinajstić information content (AvgIpc) is 2.70. The van der Waals surface area contributed by atoms with Crippen LogP contribution in [0.15, 0.2) is 60.8 Å². The van der Waals surface area contributed by atoms with E-state index in [0.717, 1.165) is 36.4 Å². The van der Waals surface area contributed by atoms with Crippen LogP contribution in [0.4, 0.5) is 11.4 Å². The molecule has 0 atom stereocenters. The second-order valence-corrected chi connectivity index (χ2v) is 7.11. The van der Waals surface area contributed by atoms with Gasteiger partial charge in [-0.05, 0) is 55.2 Å². The molecule has 4 heteroatoms. The Morgan fingerprint density at radius 1 is 1.04 bits per heavy atom. The molecule has 0 radical (unpaired) electrons. The number of rotatable bonds is 3. The van der Waals surface area contributed by atoms with Crippen LogP contribution in [-0.2, 0) is 13.0 Å². The van der Waals surface area contributed by atoms with E-state index in [1.807, 2.05) is 32.0 Å². The van der Waals surface area contributed by atoms with Gasteiger partial charge in [0.1, 0.15) is 5.69 Å². The molecule has 0 fully saturated rings. The highest BCUT2D eigenvalue weighted by molar-refractivity contribution is 6.03. The Labute approximate surface area is 159 Å². The van der Waals surface area contributed by atoms with Crippen molar-refractivity contribution >= 4 is 17.3 Å². The molecule has 0 saturated heterocycles. The lowest BCUT2D eigenvalue weighted by Crippen LogP contribution is -2.30. The highest BCUT2D eigenvalue weighted by atomic mass is 16.1. The number of pyridine rings is 1. The molecule has 2 aromatic carbocycles. The number of hydrogen-bond donors (Lipinski definition) is 1. The summed E-state index contributed by atoms with van der Waals surface area (Å²) in [4.78, 5) is 19.2. The molecule has 4 rings (SSSR count). The van der Waals surface area contributed by atoms with Gasteiger partial charge in [-0.2, -0.15) is 0 Å². The molecule has 0 aliphatic carbocycles. The number of carbonyl (C=O) groups is 1. The van der Waals surface area contributed by atoms with Gasteiger partial charge in [0.2, 0.25) is 0 Å². The second-order valence-electron chi connectivity index (χ2n) is 7.11. The maximum Gasteiger partial charge on any atom is 0.274 e. The molecule has 0 bridgehead atoms. The monoisotopic (exact) mass is 357 g/mol. The maximum absolute atomic E-state index is 12.5. The zero-order valence-electron chi connectivity index (χ0n) is 15.7. The van der Waals surface area contributed by atoms with Crippen LogP contribution in [0.1, 0.15) is 32.7 Å². The van der Waals surface area contributed by atoms with Crippen molar-refractivity contribution in [2.24, 2.45) is 0 Å². The Bertz CT molecular complexity index is 979. The minimum atomic E-state index is -0.183. The van der Waals surface area contributed by atoms with Gasteiger partial charge in [0.25, 0.3) is 5.91 Å². The first kappa shape index (κ1) is 17.3. The second kappa shape index (κ2) is 7.23. The van der Waals surface area contributed by atoms with Crippen LogP contribution in [-0.4, -0.2) is 17.4 Å². The van der Waals surface area contributed by atoms with Crippen LogP contribution in [0.2, 0.25) is 0 Å². The summed E-state index contributed by atoms with van der Waals surface area (Å²) in [5.74, 6) is -0.183. The quantitative estimate of drug-likeness (QED) is 0.750. The fourth-order valence-corrected chi connectivity index (χ4v) is 3.56. The van der Waals surface area contributed by atoms with E-state index in [1.54, 1.807) is 12.3 Å². The first-order valence-electron chi connectivity index (χ1n) is 9.26. The van der Waals surface area contributed by atoms with Crippen LogP contribution in [0.3, 0.4) is 0 Å². The summed E-state index contributed by atoms with van der Waals surface area (Å²) in [6, 6.07) is 18.3. The summed E-state index contributed by atoms with van der Waals surface area (Å²) in [6.07, 6.45) is 2.83. The zero-order valence-corrected chi connectivity index (χ0v) is 15.7. The highest BCUT2D eigenvalue weighted by Gasteiger charge is 2.17. The third kappa shape index (κ3) is 3.70. The van der Waals surface area contributed by atoms with Gasteiger partial charge in [0.15, 0.2) is 0 Å². The van der Waals surface area contributed by atoms with Gasteiger partial charge in [-0.3, -0.25) is 4.79 Å². The average molecular weight is 357 g/mol. The van der Waals surface area contributed by atoms with E-state index in [4.69, 9.17) is 0 Å². The molecule has 1 aliphatic rings. The number of nitrogens with zero attached hydrogens (tertiary/aromatic N) is 2. The molecule has 4 nitrogen and oxygen atoms in total. The van der Waals surface area contributed by atoms with Gasteiger partial charge >= 0.3 is 0 Å². The first-order chi connectivity index (χ1) is 13.1. The summed E-state index contributed by atoms with van der Waals surface area (Å²) < 4.78 is 0. The van der Waals surface area contributed by atoms with Crippen molar-refractivity contribution in [2.75, 3.05) is 16.8 Å². The fraction of sp³-hybridized carbons (Fsp3) is 0.217. The van der Waals surface area contributed by atoms with Crippen molar-refractivity contribution in [3.63, 3.8) is 0 Å². The van der Waals surface area contributed by atoms with Crippen molar-refractivity contribution in [3.8, 4) is 0 Å². The van der Waals surface area contributed by atoms with Gasteiger partial charge < -0.3 is 10.2 Å². The molecule has 0 spiro atoms. The van der Waals surface area contributed by atoms with E-state index >= 15 is 0 Å². The van der Waals surface area contributed by atoms with E-state index in [-0.39, 0.29) is 5.91 Å². The predicted molar refractivity (Wildman–Crippen MR) is 109 cm³/mol. The third-order valence-corrected chi connectivity index (χ3v) is 5.11. The lowest BCUT2D eigenvalue weighted by Gasteiger charge is -2.30. The Balaban J connectivity index is 1.47. The van der Waals surface area contributed by atoms with Crippen molar-refractivity contribution in [1.29, 1.82) is 0 Å². The Hall–Kier alpha value is -3.14. The van der Waals surface area contributed by atoms with Gasteiger partial charge in [-0.1, -0.05) is 42.0 Å². The van der Waals surface area contributed by atoms with Crippen LogP contribution >= 0.6 is 0 Å². The zero-order chi connectivity index (χ0) is 18.8. The van der Waals surface area contributed by atoms with Crippen molar-refractivity contribution in [1.82, 2.24) is 4.98 Å². The number of anilines is 2. The normalized spacial score (nSPS) is 13.2. The lowest BCUT2D eigenvalue weighted by atomic mass is 10.00. The minimum Gasteiger partial charge on any atom is -0.366 e. The van der Waals surface area contributed by atoms with Crippen LogP contribution < -0.4 is 10.2 Å². The van der Waals surface area contributed by atoms with Crippen LogP contribution in [0.25, 0.3) is 0 Å². The van der Waals surface area contributed by atoms with Gasteiger partial charge in [-0.25, -0.2) is 4.98 Å². The summed E-state index contributed by atoms with van der Waals surface area (Å²) in [7, 11) is 0. The summed E-state index contributed by atoms with van der Waals surface area (Å²) >= 11 is 0. The van der Waals surface area contributed by atoms with E-state index in [2.05, 4.69) is 45.5 Å². The molecule has 3 aromatic rings. The van der Waals surface area contributed by atoms with Gasteiger partial charge in [0, 0.05) is 18.8 Å². The predicted octanol–water partition coefficient (Wildman–Crippen LogP) is 4.51.